The molecular weight excluding hydrogens is 447 g/mol. The van der Waals surface area contributed by atoms with E-state index >= 15 is 0 Å². The third-order valence-electron chi connectivity index (χ3n) is 3.92. The summed E-state index contributed by atoms with van der Waals surface area (Å²) in [7, 11) is -6.28. The predicted molar refractivity (Wildman–Crippen MR) is 107 cm³/mol. The van der Waals surface area contributed by atoms with E-state index in [9.17, 15) is 22.0 Å². The van der Waals surface area contributed by atoms with E-state index in [-0.39, 0.29) is 16.5 Å². The summed E-state index contributed by atoms with van der Waals surface area (Å²) in [4.78, 5) is 1.14. The minimum absolute atomic E-state index is 0.188. The van der Waals surface area contributed by atoms with Crippen LogP contribution in [0.2, 0.25) is 0 Å². The molecule has 0 amide bonds. The van der Waals surface area contributed by atoms with Crippen LogP contribution in [-0.2, 0) is 27.4 Å². The summed E-state index contributed by atoms with van der Waals surface area (Å²) >= 11 is 0. The number of hydrogen-bond acceptors (Lipinski definition) is 3. The summed E-state index contributed by atoms with van der Waals surface area (Å²) in [6, 6.07) is 18.0. The highest BCUT2D eigenvalue weighted by Crippen LogP contribution is 2.22. The molecule has 166 valence electrons. The molecule has 0 heterocycles. The van der Waals surface area contributed by atoms with Crippen molar-refractivity contribution in [2.24, 2.45) is 0 Å². The Kier molecular flexibility index (Phi) is 9.99. The van der Waals surface area contributed by atoms with Gasteiger partial charge in [0, 0.05) is 16.5 Å². The normalized spacial score (nSPS) is 12.5. The van der Waals surface area contributed by atoms with E-state index in [0.717, 1.165) is 10.5 Å². The molecule has 0 aliphatic heterocycles. The Morgan fingerprint density at radius 3 is 1.93 bits per heavy atom. The number of benzene rings is 2. The van der Waals surface area contributed by atoms with Crippen LogP contribution in [0.3, 0.4) is 0 Å². The minimum atomic E-state index is -6.09. The van der Waals surface area contributed by atoms with Crippen molar-refractivity contribution in [3.05, 3.63) is 77.4 Å². The highest BCUT2D eigenvalue weighted by atomic mass is 32.2. The molecule has 3 nitrogen and oxygen atoms in total. The molecule has 0 fully saturated rings. The standard InChI is InChI=1S/C19H21F2S.CHF3O3S/c1-15-8-12-18(13-9-15)22(2)14-17(19(20)21)11-10-16-6-4-3-5-7-16;2-1(3,4)8(5,6)7/h3-9,12-13H,10-11,14H2,1-2H3;(H,5,6,7)/q+1;/p-1. The summed E-state index contributed by atoms with van der Waals surface area (Å²) in [5, 5.41) is 0. The Balaban J connectivity index is 0.000000479. The van der Waals surface area contributed by atoms with Gasteiger partial charge in [0.2, 0.25) is 0 Å². The van der Waals surface area contributed by atoms with Gasteiger partial charge in [-0.1, -0.05) is 48.0 Å². The fourth-order valence-corrected chi connectivity index (χ4v) is 3.82. The monoisotopic (exact) mass is 468 g/mol. The van der Waals surface area contributed by atoms with Crippen LogP contribution in [0, 0.1) is 6.92 Å². The van der Waals surface area contributed by atoms with Gasteiger partial charge in [-0.25, -0.2) is 8.42 Å². The topological polar surface area (TPSA) is 57.2 Å². The first-order chi connectivity index (χ1) is 13.8. The van der Waals surface area contributed by atoms with Gasteiger partial charge in [-0.05, 0) is 37.5 Å². The molecule has 0 saturated heterocycles. The van der Waals surface area contributed by atoms with Crippen molar-refractivity contribution in [1.82, 2.24) is 0 Å². The molecule has 0 aliphatic carbocycles. The smallest absolute Gasteiger partial charge is 0.485 e. The molecule has 2 aromatic carbocycles. The van der Waals surface area contributed by atoms with Crippen molar-refractivity contribution in [1.29, 1.82) is 0 Å². The lowest BCUT2D eigenvalue weighted by molar-refractivity contribution is -0.0517. The van der Waals surface area contributed by atoms with Crippen molar-refractivity contribution in [3.8, 4) is 0 Å². The summed E-state index contributed by atoms with van der Waals surface area (Å²) in [5.41, 5.74) is -3.06. The molecule has 1 atom stereocenters. The van der Waals surface area contributed by atoms with Crippen LogP contribution in [0.5, 0.6) is 0 Å². The highest BCUT2D eigenvalue weighted by molar-refractivity contribution is 7.96. The number of alkyl halides is 3. The Morgan fingerprint density at radius 2 is 1.50 bits per heavy atom. The van der Waals surface area contributed by atoms with Gasteiger partial charge >= 0.3 is 5.51 Å². The molecular formula is C20H21F5O3S2. The maximum atomic E-state index is 13.2. The maximum absolute atomic E-state index is 13.2. The zero-order valence-electron chi connectivity index (χ0n) is 16.2. The number of hydrogen-bond donors (Lipinski definition) is 0. The predicted octanol–water partition coefficient (Wildman–Crippen LogP) is 5.44. The first kappa shape index (κ1) is 26.1. The molecule has 0 bridgehead atoms. The van der Waals surface area contributed by atoms with Crippen molar-refractivity contribution in [2.45, 2.75) is 30.2 Å². The molecule has 0 aromatic heterocycles. The van der Waals surface area contributed by atoms with Crippen LogP contribution in [0.25, 0.3) is 0 Å². The fraction of sp³-hybridized carbons (Fsp3) is 0.300. The SMILES string of the molecule is Cc1ccc([S+](C)CC(CCc2ccccc2)=C(F)F)cc1.O=S(=O)([O-])C(F)(F)F. The van der Waals surface area contributed by atoms with E-state index in [1.807, 2.05) is 67.8 Å². The summed E-state index contributed by atoms with van der Waals surface area (Å²) in [6.07, 6.45) is 1.62. The van der Waals surface area contributed by atoms with Gasteiger partial charge in [-0.15, -0.1) is 0 Å². The molecule has 0 aliphatic rings. The largest absolute Gasteiger partial charge is 0.741 e. The molecule has 0 spiro atoms. The average molecular weight is 469 g/mol. The zero-order valence-corrected chi connectivity index (χ0v) is 17.9. The first-order valence-corrected chi connectivity index (χ1v) is 11.8. The minimum Gasteiger partial charge on any atom is -0.741 e. The zero-order chi connectivity index (χ0) is 22.9. The van der Waals surface area contributed by atoms with Gasteiger partial charge in [-0.2, -0.15) is 22.0 Å². The molecule has 0 saturated carbocycles. The molecule has 2 rings (SSSR count). The summed E-state index contributed by atoms with van der Waals surface area (Å²) in [5.74, 6) is 0.443. The van der Waals surface area contributed by atoms with Crippen molar-refractivity contribution >= 4 is 21.0 Å². The second-order valence-corrected chi connectivity index (χ2v) is 9.75. The van der Waals surface area contributed by atoms with E-state index in [2.05, 4.69) is 0 Å². The van der Waals surface area contributed by atoms with Gasteiger partial charge in [0.15, 0.2) is 15.0 Å². The van der Waals surface area contributed by atoms with Crippen molar-refractivity contribution < 1.29 is 34.9 Å². The first-order valence-electron chi connectivity index (χ1n) is 8.59. The van der Waals surface area contributed by atoms with Gasteiger partial charge in [-0.3, -0.25) is 0 Å². The molecule has 0 radical (unpaired) electrons. The molecule has 1 unspecified atom stereocenters. The van der Waals surface area contributed by atoms with E-state index in [1.165, 1.54) is 5.56 Å². The van der Waals surface area contributed by atoms with Gasteiger partial charge < -0.3 is 4.55 Å². The fourth-order valence-electron chi connectivity index (χ4n) is 2.28. The van der Waals surface area contributed by atoms with Crippen LogP contribution in [0.4, 0.5) is 22.0 Å². The quantitative estimate of drug-likeness (QED) is 0.246. The van der Waals surface area contributed by atoms with Crippen molar-refractivity contribution in [3.63, 3.8) is 0 Å². The van der Waals surface area contributed by atoms with Crippen LogP contribution < -0.4 is 0 Å². The molecule has 30 heavy (non-hydrogen) atoms. The maximum Gasteiger partial charge on any atom is 0.485 e. The molecule has 0 N–H and O–H groups in total. The van der Waals surface area contributed by atoms with Crippen LogP contribution in [0.15, 0.2) is 71.1 Å². The van der Waals surface area contributed by atoms with E-state index in [0.29, 0.717) is 18.6 Å². The third kappa shape index (κ3) is 9.27. The summed E-state index contributed by atoms with van der Waals surface area (Å²) < 4.78 is 85.4. The number of halogens is 5. The van der Waals surface area contributed by atoms with E-state index in [4.69, 9.17) is 13.0 Å². The average Bonchev–Trinajstić information content (AvgIpc) is 2.65. The highest BCUT2D eigenvalue weighted by Gasteiger charge is 2.36. The van der Waals surface area contributed by atoms with Crippen molar-refractivity contribution in [2.75, 3.05) is 12.0 Å². The second-order valence-electron chi connectivity index (χ2n) is 6.34. The number of rotatable bonds is 6. The third-order valence-corrected chi connectivity index (χ3v) is 6.35. The summed E-state index contributed by atoms with van der Waals surface area (Å²) in [6.45, 7) is 2.03. The molecule has 10 heteroatoms. The lowest BCUT2D eigenvalue weighted by Gasteiger charge is -2.08. The van der Waals surface area contributed by atoms with Crippen LogP contribution in [0.1, 0.15) is 17.5 Å². The van der Waals surface area contributed by atoms with Gasteiger partial charge in [0.05, 0.1) is 0 Å². The Bertz CT molecular complexity index is 921. The van der Waals surface area contributed by atoms with E-state index in [1.54, 1.807) is 0 Å². The Morgan fingerprint density at radius 1 is 1.00 bits per heavy atom. The van der Waals surface area contributed by atoms with E-state index < -0.39 is 21.7 Å². The van der Waals surface area contributed by atoms with Crippen LogP contribution >= 0.6 is 0 Å². The lowest BCUT2D eigenvalue weighted by Crippen LogP contribution is -2.21. The second kappa shape index (κ2) is 11.5. The Hall–Kier alpha value is -1.91. The Labute approximate surface area is 175 Å². The lowest BCUT2D eigenvalue weighted by atomic mass is 10.1. The van der Waals surface area contributed by atoms with Gasteiger partial charge in [0.25, 0.3) is 6.08 Å². The number of aryl methyl sites for hydroxylation is 2. The van der Waals surface area contributed by atoms with Gasteiger partial charge in [0.1, 0.15) is 12.0 Å². The van der Waals surface area contributed by atoms with Crippen LogP contribution in [-0.4, -0.2) is 30.5 Å². The molecule has 2 aromatic rings.